The largest absolute Gasteiger partial charge is 0.368 e. The summed E-state index contributed by atoms with van der Waals surface area (Å²) in [6, 6.07) is 0. The van der Waals surface area contributed by atoms with Crippen LogP contribution in [0.5, 0.6) is 0 Å². The number of rotatable bonds is 5. The number of aromatic nitrogens is 3. The number of hydrogen-bond donors (Lipinski definition) is 1. The van der Waals surface area contributed by atoms with Gasteiger partial charge in [-0.1, -0.05) is 26.2 Å². The summed E-state index contributed by atoms with van der Waals surface area (Å²) in [4.78, 5) is 16.0. The zero-order valence-corrected chi connectivity index (χ0v) is 12.6. The molecule has 1 aliphatic carbocycles. The Bertz CT molecular complexity index is 439. The molecule has 2 atom stereocenters. The van der Waals surface area contributed by atoms with E-state index >= 15 is 0 Å². The van der Waals surface area contributed by atoms with Crippen LogP contribution in [0, 0.1) is 12.8 Å². The summed E-state index contributed by atoms with van der Waals surface area (Å²) in [7, 11) is 1.79. The van der Waals surface area contributed by atoms with Crippen LogP contribution in [0.3, 0.4) is 0 Å². The van der Waals surface area contributed by atoms with Gasteiger partial charge < -0.3 is 4.74 Å². The van der Waals surface area contributed by atoms with Crippen LogP contribution in [0.25, 0.3) is 0 Å². The molecule has 0 bridgehead atoms. The van der Waals surface area contributed by atoms with Gasteiger partial charge in [-0.05, 0) is 25.7 Å². The average molecular weight is 280 g/mol. The first-order valence-electron chi connectivity index (χ1n) is 7.39. The van der Waals surface area contributed by atoms with E-state index in [9.17, 15) is 4.79 Å². The van der Waals surface area contributed by atoms with Crippen molar-refractivity contribution in [3.05, 3.63) is 5.82 Å². The summed E-state index contributed by atoms with van der Waals surface area (Å²) in [6.07, 6.45) is 6.09. The Morgan fingerprint density at radius 1 is 1.45 bits per heavy atom. The predicted octanol–water partition coefficient (Wildman–Crippen LogP) is 2.05. The van der Waals surface area contributed by atoms with Crippen molar-refractivity contribution in [1.29, 1.82) is 0 Å². The van der Waals surface area contributed by atoms with Gasteiger partial charge >= 0.3 is 0 Å². The number of nitrogens with one attached hydrogen (secondary N) is 1. The molecule has 1 saturated carbocycles. The number of amides is 1. The zero-order valence-electron chi connectivity index (χ0n) is 12.6. The van der Waals surface area contributed by atoms with E-state index in [1.807, 2.05) is 6.92 Å². The Kier molecular flexibility index (Phi) is 5.11. The molecule has 0 aromatic carbocycles. The molecular formula is C14H24N4O2. The highest BCUT2D eigenvalue weighted by atomic mass is 16.5. The van der Waals surface area contributed by atoms with E-state index in [1.54, 1.807) is 11.7 Å². The van der Waals surface area contributed by atoms with Crippen LogP contribution in [-0.2, 0) is 16.6 Å². The molecule has 2 unspecified atom stereocenters. The summed E-state index contributed by atoms with van der Waals surface area (Å²) in [5.74, 6) is 1.51. The van der Waals surface area contributed by atoms with Gasteiger partial charge in [0.1, 0.15) is 12.4 Å². The fourth-order valence-corrected chi connectivity index (χ4v) is 2.72. The number of nitrogens with zero attached hydrogens (tertiary/aromatic N) is 3. The maximum Gasteiger partial charge on any atom is 0.252 e. The number of hydrogen-bond acceptors (Lipinski definition) is 4. The third kappa shape index (κ3) is 3.79. The topological polar surface area (TPSA) is 69.0 Å². The molecule has 0 spiro atoms. The molecule has 112 valence electrons. The molecule has 6 heteroatoms. The number of anilines is 1. The molecule has 0 saturated heterocycles. The Morgan fingerprint density at radius 2 is 2.20 bits per heavy atom. The lowest BCUT2D eigenvalue weighted by molar-refractivity contribution is -0.124. The highest BCUT2D eigenvalue weighted by molar-refractivity contribution is 5.89. The minimum atomic E-state index is -0.184. The van der Waals surface area contributed by atoms with Crippen molar-refractivity contribution < 1.29 is 9.53 Å². The number of ether oxygens (including phenoxy) is 1. The highest BCUT2D eigenvalue weighted by Gasteiger charge is 2.25. The van der Waals surface area contributed by atoms with Crippen LogP contribution in [0.2, 0.25) is 0 Å². The average Bonchev–Trinajstić information content (AvgIpc) is 2.75. The predicted molar refractivity (Wildman–Crippen MR) is 76.4 cm³/mol. The highest BCUT2D eigenvalue weighted by Crippen LogP contribution is 2.28. The molecule has 0 aliphatic heterocycles. The number of aryl methyl sites for hydroxylation is 2. The normalized spacial score (nSPS) is 22.8. The summed E-state index contributed by atoms with van der Waals surface area (Å²) in [5.41, 5.74) is 0. The van der Waals surface area contributed by atoms with Gasteiger partial charge in [0.25, 0.3) is 5.91 Å². The van der Waals surface area contributed by atoms with Gasteiger partial charge in [0.2, 0.25) is 5.95 Å². The molecular weight excluding hydrogens is 256 g/mol. The second-order valence-electron chi connectivity index (χ2n) is 5.46. The molecule has 6 nitrogen and oxygen atoms in total. The van der Waals surface area contributed by atoms with Gasteiger partial charge in [-0.25, -0.2) is 0 Å². The molecule has 1 amide bonds. The fourth-order valence-electron chi connectivity index (χ4n) is 2.72. The van der Waals surface area contributed by atoms with E-state index in [-0.39, 0.29) is 18.6 Å². The fraction of sp³-hybridized carbons (Fsp3) is 0.786. The number of carbonyl (C=O) groups excluding carboxylic acids is 1. The van der Waals surface area contributed by atoms with E-state index < -0.39 is 0 Å². The van der Waals surface area contributed by atoms with Gasteiger partial charge in [0, 0.05) is 7.05 Å². The zero-order chi connectivity index (χ0) is 14.5. The molecule has 1 aromatic heterocycles. The lowest BCUT2D eigenvalue weighted by Gasteiger charge is -2.30. The van der Waals surface area contributed by atoms with Gasteiger partial charge in [-0.2, -0.15) is 4.98 Å². The van der Waals surface area contributed by atoms with Crippen molar-refractivity contribution in [2.45, 2.75) is 52.1 Å². The molecule has 2 rings (SSSR count). The minimum Gasteiger partial charge on any atom is -0.368 e. The van der Waals surface area contributed by atoms with Crippen LogP contribution in [0.4, 0.5) is 5.95 Å². The lowest BCUT2D eigenvalue weighted by Crippen LogP contribution is -2.31. The van der Waals surface area contributed by atoms with E-state index in [0.29, 0.717) is 11.9 Å². The van der Waals surface area contributed by atoms with Gasteiger partial charge in [0.15, 0.2) is 0 Å². The molecule has 1 fully saturated rings. The summed E-state index contributed by atoms with van der Waals surface area (Å²) in [6.45, 7) is 4.11. The number of carbonyl (C=O) groups is 1. The van der Waals surface area contributed by atoms with Crippen LogP contribution in [0.1, 0.15) is 44.9 Å². The molecule has 1 aromatic rings. The summed E-state index contributed by atoms with van der Waals surface area (Å²) in [5, 5.41) is 6.76. The van der Waals surface area contributed by atoms with Crippen molar-refractivity contribution in [2.75, 3.05) is 11.9 Å². The standard InChI is InChI=1S/C14H24N4O2/c1-4-11-7-5-6-8-12(11)20-9-13(19)16-14-15-10(2)18(3)17-14/h11-12H,4-9H2,1-3H3,(H,16,17,19). The Labute approximate surface area is 119 Å². The Balaban J connectivity index is 1.79. The van der Waals surface area contributed by atoms with Crippen molar-refractivity contribution in [2.24, 2.45) is 13.0 Å². The second kappa shape index (κ2) is 6.83. The molecule has 1 aliphatic rings. The third-order valence-corrected chi connectivity index (χ3v) is 4.02. The smallest absolute Gasteiger partial charge is 0.252 e. The molecule has 1 heterocycles. The molecule has 1 N–H and O–H groups in total. The van der Waals surface area contributed by atoms with Crippen LogP contribution in [-0.4, -0.2) is 33.4 Å². The quantitative estimate of drug-likeness (QED) is 0.896. The van der Waals surface area contributed by atoms with Crippen molar-refractivity contribution in [3.8, 4) is 0 Å². The maximum absolute atomic E-state index is 11.8. The Morgan fingerprint density at radius 3 is 2.85 bits per heavy atom. The first-order chi connectivity index (χ1) is 9.60. The minimum absolute atomic E-state index is 0.0818. The van der Waals surface area contributed by atoms with E-state index in [4.69, 9.17) is 4.74 Å². The van der Waals surface area contributed by atoms with Crippen molar-refractivity contribution in [1.82, 2.24) is 14.8 Å². The maximum atomic E-state index is 11.8. The Hall–Kier alpha value is -1.43. The van der Waals surface area contributed by atoms with Crippen LogP contribution >= 0.6 is 0 Å². The van der Waals surface area contributed by atoms with Crippen molar-refractivity contribution in [3.63, 3.8) is 0 Å². The SMILES string of the molecule is CCC1CCCCC1OCC(=O)Nc1nc(C)n(C)n1. The lowest BCUT2D eigenvalue weighted by atomic mass is 9.85. The van der Waals surface area contributed by atoms with Gasteiger partial charge in [-0.15, -0.1) is 5.10 Å². The van der Waals surface area contributed by atoms with Crippen LogP contribution < -0.4 is 5.32 Å². The van der Waals surface area contributed by atoms with Crippen LogP contribution in [0.15, 0.2) is 0 Å². The van der Waals surface area contributed by atoms with Gasteiger partial charge in [-0.3, -0.25) is 14.8 Å². The van der Waals surface area contributed by atoms with E-state index in [1.165, 1.54) is 19.3 Å². The first-order valence-corrected chi connectivity index (χ1v) is 7.39. The summed E-state index contributed by atoms with van der Waals surface area (Å²) >= 11 is 0. The summed E-state index contributed by atoms with van der Waals surface area (Å²) < 4.78 is 7.41. The molecule has 20 heavy (non-hydrogen) atoms. The third-order valence-electron chi connectivity index (χ3n) is 4.02. The monoisotopic (exact) mass is 280 g/mol. The van der Waals surface area contributed by atoms with Gasteiger partial charge in [0.05, 0.1) is 6.10 Å². The second-order valence-corrected chi connectivity index (χ2v) is 5.46. The van der Waals surface area contributed by atoms with Crippen molar-refractivity contribution >= 4 is 11.9 Å². The first kappa shape index (κ1) is 15.0. The van der Waals surface area contributed by atoms with E-state index in [2.05, 4.69) is 22.3 Å². The molecule has 0 radical (unpaired) electrons. The van der Waals surface area contributed by atoms with E-state index in [0.717, 1.165) is 18.7 Å².